The van der Waals surface area contributed by atoms with Crippen molar-refractivity contribution >= 4 is 5.91 Å². The zero-order valence-corrected chi connectivity index (χ0v) is 12.0. The molecular formula is C15H18F3NO3. The van der Waals surface area contributed by atoms with E-state index in [0.717, 1.165) is 12.1 Å². The van der Waals surface area contributed by atoms with E-state index in [1.54, 1.807) is 6.07 Å². The van der Waals surface area contributed by atoms with Crippen molar-refractivity contribution in [2.75, 3.05) is 13.2 Å². The van der Waals surface area contributed by atoms with E-state index < -0.39 is 36.4 Å². The topological polar surface area (TPSA) is 69.6 Å². The predicted molar refractivity (Wildman–Crippen MR) is 73.0 cm³/mol. The van der Waals surface area contributed by atoms with Crippen molar-refractivity contribution < 1.29 is 28.2 Å². The molecule has 1 saturated carbocycles. The van der Waals surface area contributed by atoms with Gasteiger partial charge < -0.3 is 15.5 Å². The van der Waals surface area contributed by atoms with Crippen molar-refractivity contribution in [3.63, 3.8) is 0 Å². The second-order valence-electron chi connectivity index (χ2n) is 5.94. The molecule has 0 saturated heterocycles. The van der Waals surface area contributed by atoms with Crippen LogP contribution in [0, 0.1) is 5.92 Å². The first-order valence-corrected chi connectivity index (χ1v) is 6.91. The normalized spacial score (nSPS) is 21.5. The Morgan fingerprint density at radius 3 is 2.50 bits per heavy atom. The van der Waals surface area contributed by atoms with E-state index in [1.165, 1.54) is 13.0 Å². The van der Waals surface area contributed by atoms with Crippen molar-refractivity contribution in [2.24, 2.45) is 5.92 Å². The van der Waals surface area contributed by atoms with Crippen molar-refractivity contribution in [3.05, 3.63) is 35.4 Å². The molecule has 2 atom stereocenters. The maximum Gasteiger partial charge on any atom is 0.416 e. The summed E-state index contributed by atoms with van der Waals surface area (Å²) in [5.74, 6) is -1.06. The van der Waals surface area contributed by atoms with Crippen LogP contribution in [0.5, 0.6) is 0 Å². The molecule has 0 aromatic heterocycles. The van der Waals surface area contributed by atoms with Gasteiger partial charge in [0.2, 0.25) is 5.91 Å². The van der Waals surface area contributed by atoms with E-state index in [0.29, 0.717) is 12.0 Å². The number of hydrogen-bond donors (Lipinski definition) is 3. The number of rotatable bonds is 5. The summed E-state index contributed by atoms with van der Waals surface area (Å²) in [6.45, 7) is 0.652. The minimum absolute atomic E-state index is 0.260. The standard InChI is InChI=1S/C15H18F3NO3/c1-14(7-20,8-21)19-13(22)12-6-11(12)9-3-2-4-10(5-9)15(16,17)18/h2-5,11-12,20-21H,6-8H2,1H3,(H,19,22). The van der Waals surface area contributed by atoms with Gasteiger partial charge in [0.25, 0.3) is 0 Å². The number of alkyl halides is 3. The van der Waals surface area contributed by atoms with Gasteiger partial charge in [-0.05, 0) is 30.9 Å². The molecule has 1 aromatic carbocycles. The minimum atomic E-state index is -4.41. The fourth-order valence-corrected chi connectivity index (χ4v) is 2.32. The molecule has 0 radical (unpaired) electrons. The lowest BCUT2D eigenvalue weighted by Gasteiger charge is -2.26. The van der Waals surface area contributed by atoms with Gasteiger partial charge >= 0.3 is 6.18 Å². The highest BCUT2D eigenvalue weighted by Gasteiger charge is 2.46. The summed E-state index contributed by atoms with van der Waals surface area (Å²) in [7, 11) is 0. The lowest BCUT2D eigenvalue weighted by Crippen LogP contribution is -2.52. The third-order valence-corrected chi connectivity index (χ3v) is 3.89. The zero-order valence-electron chi connectivity index (χ0n) is 12.0. The molecule has 4 nitrogen and oxygen atoms in total. The van der Waals surface area contributed by atoms with Crippen molar-refractivity contribution in [1.82, 2.24) is 5.32 Å². The molecule has 7 heteroatoms. The molecule has 3 N–H and O–H groups in total. The number of aliphatic hydroxyl groups is 2. The average Bonchev–Trinajstić information content (AvgIpc) is 3.27. The SMILES string of the molecule is CC(CO)(CO)NC(=O)C1CC1c1cccc(C(F)(F)F)c1. The lowest BCUT2D eigenvalue weighted by molar-refractivity contribution is -0.137. The smallest absolute Gasteiger partial charge is 0.394 e. The van der Waals surface area contributed by atoms with Crippen molar-refractivity contribution in [1.29, 1.82) is 0 Å². The van der Waals surface area contributed by atoms with Gasteiger partial charge in [0, 0.05) is 5.92 Å². The monoisotopic (exact) mass is 317 g/mol. The molecule has 0 bridgehead atoms. The van der Waals surface area contributed by atoms with Crippen LogP contribution in [0.1, 0.15) is 30.4 Å². The van der Waals surface area contributed by atoms with Gasteiger partial charge in [-0.3, -0.25) is 4.79 Å². The Balaban J connectivity index is 2.05. The molecule has 22 heavy (non-hydrogen) atoms. The summed E-state index contributed by atoms with van der Waals surface area (Å²) in [5.41, 5.74) is -1.38. The molecule has 0 spiro atoms. The van der Waals surface area contributed by atoms with E-state index in [1.807, 2.05) is 0 Å². The average molecular weight is 317 g/mol. The third-order valence-electron chi connectivity index (χ3n) is 3.89. The molecule has 2 unspecified atom stereocenters. The number of halogens is 3. The summed E-state index contributed by atoms with van der Waals surface area (Å²) >= 11 is 0. The highest BCUT2D eigenvalue weighted by Crippen LogP contribution is 2.48. The Morgan fingerprint density at radius 2 is 1.95 bits per heavy atom. The van der Waals surface area contributed by atoms with Crippen LogP contribution in [0.4, 0.5) is 13.2 Å². The van der Waals surface area contributed by atoms with Gasteiger partial charge in [-0.15, -0.1) is 0 Å². The predicted octanol–water partition coefficient (Wildman–Crippen LogP) is 1.67. The number of hydrogen-bond acceptors (Lipinski definition) is 3. The Kier molecular flexibility index (Phi) is 4.49. The summed E-state index contributed by atoms with van der Waals surface area (Å²) in [6, 6.07) is 4.96. The Hall–Kier alpha value is -1.60. The number of aliphatic hydroxyl groups excluding tert-OH is 2. The van der Waals surface area contributed by atoms with Crippen LogP contribution < -0.4 is 5.32 Å². The molecule has 1 amide bonds. The van der Waals surface area contributed by atoms with Crippen molar-refractivity contribution in [2.45, 2.75) is 31.0 Å². The van der Waals surface area contributed by atoms with Gasteiger partial charge in [0.15, 0.2) is 0 Å². The maximum atomic E-state index is 12.7. The van der Waals surface area contributed by atoms with Crippen LogP contribution in [0.15, 0.2) is 24.3 Å². The lowest BCUT2D eigenvalue weighted by atomic mass is 10.0. The third kappa shape index (κ3) is 3.59. The summed E-state index contributed by atoms with van der Waals surface area (Å²) in [4.78, 5) is 12.0. The van der Waals surface area contributed by atoms with Crippen LogP contribution >= 0.6 is 0 Å². The molecular weight excluding hydrogens is 299 g/mol. The summed E-state index contributed by atoms with van der Waals surface area (Å²) in [6.07, 6.45) is -3.95. The van der Waals surface area contributed by atoms with Crippen LogP contribution in [0.3, 0.4) is 0 Å². The van der Waals surface area contributed by atoms with E-state index in [-0.39, 0.29) is 11.8 Å². The quantitative estimate of drug-likeness (QED) is 0.774. The van der Waals surface area contributed by atoms with Crippen LogP contribution in [0.25, 0.3) is 0 Å². The number of carbonyl (C=O) groups is 1. The van der Waals surface area contributed by atoms with Crippen LogP contribution in [-0.4, -0.2) is 34.9 Å². The largest absolute Gasteiger partial charge is 0.416 e. The molecule has 1 aromatic rings. The van der Waals surface area contributed by atoms with E-state index >= 15 is 0 Å². The maximum absolute atomic E-state index is 12.7. The Bertz CT molecular complexity index is 555. The van der Waals surface area contributed by atoms with E-state index in [2.05, 4.69) is 5.32 Å². The second-order valence-corrected chi connectivity index (χ2v) is 5.94. The van der Waals surface area contributed by atoms with Gasteiger partial charge in [-0.1, -0.05) is 18.2 Å². The highest BCUT2D eigenvalue weighted by atomic mass is 19.4. The minimum Gasteiger partial charge on any atom is -0.394 e. The fraction of sp³-hybridized carbons (Fsp3) is 0.533. The summed E-state index contributed by atoms with van der Waals surface area (Å²) < 4.78 is 38.1. The second kappa shape index (κ2) is 5.89. The molecule has 122 valence electrons. The van der Waals surface area contributed by atoms with Gasteiger partial charge in [-0.25, -0.2) is 0 Å². The molecule has 1 fully saturated rings. The number of nitrogens with one attached hydrogen (secondary N) is 1. The zero-order chi connectivity index (χ0) is 16.5. The summed E-state index contributed by atoms with van der Waals surface area (Å²) in [5, 5.41) is 20.8. The first kappa shape index (κ1) is 16.8. The Labute approximate surface area is 126 Å². The molecule has 2 rings (SSSR count). The first-order valence-electron chi connectivity index (χ1n) is 6.91. The number of carbonyl (C=O) groups excluding carboxylic acids is 1. The van der Waals surface area contributed by atoms with Gasteiger partial charge in [-0.2, -0.15) is 13.2 Å². The molecule has 1 aliphatic carbocycles. The van der Waals surface area contributed by atoms with E-state index in [4.69, 9.17) is 10.2 Å². The van der Waals surface area contributed by atoms with Gasteiger partial charge in [0.1, 0.15) is 0 Å². The first-order chi connectivity index (χ1) is 10.2. The fourth-order valence-electron chi connectivity index (χ4n) is 2.32. The van der Waals surface area contributed by atoms with E-state index in [9.17, 15) is 18.0 Å². The van der Waals surface area contributed by atoms with Gasteiger partial charge in [0.05, 0.1) is 24.3 Å². The highest BCUT2D eigenvalue weighted by molar-refractivity contribution is 5.83. The molecule has 0 aliphatic heterocycles. The van der Waals surface area contributed by atoms with Crippen LogP contribution in [0.2, 0.25) is 0 Å². The molecule has 0 heterocycles. The number of amides is 1. The molecule has 1 aliphatic rings. The Morgan fingerprint density at radius 1 is 1.32 bits per heavy atom. The number of benzene rings is 1. The van der Waals surface area contributed by atoms with Crippen LogP contribution in [-0.2, 0) is 11.0 Å². The van der Waals surface area contributed by atoms with Crippen molar-refractivity contribution in [3.8, 4) is 0 Å².